The number of anilines is 1. The average Bonchev–Trinajstić information content (AvgIpc) is 2.86. The summed E-state index contributed by atoms with van der Waals surface area (Å²) in [6.07, 6.45) is 1.45. The number of hydrogen-bond donors (Lipinski definition) is 1. The highest BCUT2D eigenvalue weighted by atomic mass is 35.5. The van der Waals surface area contributed by atoms with Crippen LogP contribution in [0.15, 0.2) is 77.7 Å². The molecule has 0 spiro atoms. The summed E-state index contributed by atoms with van der Waals surface area (Å²) in [4.78, 5) is 12.9. The molecule has 3 aromatic carbocycles. The molecule has 34 heavy (non-hydrogen) atoms. The fourth-order valence-corrected chi connectivity index (χ4v) is 4.94. The zero-order chi connectivity index (χ0) is 24.6. The lowest BCUT2D eigenvalue weighted by Gasteiger charge is -2.26. The molecule has 0 aromatic heterocycles. The SMILES string of the molecule is COc1ccc(OC)c(N(CC(=O)NCCCc2ccc(Cl)cc2)S(=O)(=O)c2ccccc2)c1. The first-order valence-electron chi connectivity index (χ1n) is 10.7. The average molecular weight is 503 g/mol. The molecule has 0 saturated carbocycles. The molecule has 3 aromatic rings. The monoisotopic (exact) mass is 502 g/mol. The van der Waals surface area contributed by atoms with Gasteiger partial charge in [0.05, 0.1) is 24.8 Å². The van der Waals surface area contributed by atoms with Crippen molar-refractivity contribution < 1.29 is 22.7 Å². The number of rotatable bonds is 11. The minimum absolute atomic E-state index is 0.0652. The molecule has 0 aliphatic carbocycles. The van der Waals surface area contributed by atoms with E-state index in [4.69, 9.17) is 21.1 Å². The minimum atomic E-state index is -4.06. The zero-order valence-electron chi connectivity index (χ0n) is 19.0. The number of amides is 1. The maximum absolute atomic E-state index is 13.5. The summed E-state index contributed by atoms with van der Waals surface area (Å²) in [5.41, 5.74) is 1.31. The second kappa shape index (κ2) is 11.8. The van der Waals surface area contributed by atoms with Crippen LogP contribution < -0.4 is 19.1 Å². The largest absolute Gasteiger partial charge is 0.497 e. The molecular formula is C25H27ClN2O5S. The molecule has 0 unspecified atom stereocenters. The predicted octanol–water partition coefficient (Wildman–Crippen LogP) is 4.30. The first-order chi connectivity index (χ1) is 16.3. The fourth-order valence-electron chi connectivity index (χ4n) is 3.37. The zero-order valence-corrected chi connectivity index (χ0v) is 20.6. The molecule has 0 radical (unpaired) electrons. The maximum atomic E-state index is 13.5. The molecule has 0 atom stereocenters. The van der Waals surface area contributed by atoms with E-state index in [0.717, 1.165) is 16.3 Å². The van der Waals surface area contributed by atoms with E-state index in [9.17, 15) is 13.2 Å². The number of sulfonamides is 1. The van der Waals surface area contributed by atoms with Crippen molar-refractivity contribution in [1.82, 2.24) is 5.32 Å². The van der Waals surface area contributed by atoms with Crippen LogP contribution >= 0.6 is 11.6 Å². The molecular weight excluding hydrogens is 476 g/mol. The van der Waals surface area contributed by atoms with Gasteiger partial charge in [0.1, 0.15) is 18.0 Å². The maximum Gasteiger partial charge on any atom is 0.264 e. The summed E-state index contributed by atoms with van der Waals surface area (Å²) < 4.78 is 38.7. The van der Waals surface area contributed by atoms with Crippen molar-refractivity contribution in [3.63, 3.8) is 0 Å². The molecule has 180 valence electrons. The Labute approximate surface area is 205 Å². The number of hydrogen-bond acceptors (Lipinski definition) is 5. The van der Waals surface area contributed by atoms with E-state index in [1.807, 2.05) is 24.3 Å². The Morgan fingerprint density at radius 2 is 1.68 bits per heavy atom. The van der Waals surface area contributed by atoms with Gasteiger partial charge in [0.15, 0.2) is 0 Å². The fraction of sp³-hybridized carbons (Fsp3) is 0.240. The van der Waals surface area contributed by atoms with Gasteiger partial charge in [0.25, 0.3) is 10.0 Å². The quantitative estimate of drug-likeness (QED) is 0.395. The van der Waals surface area contributed by atoms with Crippen LogP contribution in [-0.4, -0.2) is 41.6 Å². The van der Waals surface area contributed by atoms with Crippen molar-refractivity contribution >= 4 is 33.2 Å². The lowest BCUT2D eigenvalue weighted by Crippen LogP contribution is -2.41. The van der Waals surface area contributed by atoms with Gasteiger partial charge in [-0.3, -0.25) is 9.10 Å². The molecule has 0 aliphatic heterocycles. The van der Waals surface area contributed by atoms with Crippen LogP contribution in [0.2, 0.25) is 5.02 Å². The highest BCUT2D eigenvalue weighted by molar-refractivity contribution is 7.92. The first-order valence-corrected chi connectivity index (χ1v) is 12.5. The van der Waals surface area contributed by atoms with Crippen molar-refractivity contribution in [1.29, 1.82) is 0 Å². The number of aryl methyl sites for hydroxylation is 1. The van der Waals surface area contributed by atoms with Crippen LogP contribution in [0.5, 0.6) is 11.5 Å². The van der Waals surface area contributed by atoms with Crippen molar-refractivity contribution in [2.75, 3.05) is 31.6 Å². The van der Waals surface area contributed by atoms with Gasteiger partial charge >= 0.3 is 0 Å². The van der Waals surface area contributed by atoms with Gasteiger partial charge in [0, 0.05) is 17.6 Å². The number of methoxy groups -OCH3 is 2. The molecule has 7 nitrogen and oxygen atoms in total. The Balaban J connectivity index is 1.79. The number of halogens is 1. The highest BCUT2D eigenvalue weighted by Crippen LogP contribution is 2.35. The second-order valence-corrected chi connectivity index (χ2v) is 9.74. The van der Waals surface area contributed by atoms with Gasteiger partial charge in [0.2, 0.25) is 5.91 Å². The third kappa shape index (κ3) is 6.42. The number of nitrogens with zero attached hydrogens (tertiary/aromatic N) is 1. The molecule has 9 heteroatoms. The smallest absolute Gasteiger partial charge is 0.264 e. The number of ether oxygens (including phenoxy) is 2. The number of carbonyl (C=O) groups is 1. The van der Waals surface area contributed by atoms with Crippen LogP contribution in [0.1, 0.15) is 12.0 Å². The van der Waals surface area contributed by atoms with Crippen molar-refractivity contribution in [3.05, 3.63) is 83.4 Å². The normalized spacial score (nSPS) is 11.0. The van der Waals surface area contributed by atoms with Crippen molar-refractivity contribution in [2.45, 2.75) is 17.7 Å². The first kappa shape index (κ1) is 25.4. The van der Waals surface area contributed by atoms with Crippen LogP contribution in [0.25, 0.3) is 0 Å². The van der Waals surface area contributed by atoms with Gasteiger partial charge in [-0.15, -0.1) is 0 Å². The van der Waals surface area contributed by atoms with Crippen LogP contribution in [-0.2, 0) is 21.2 Å². The standard InChI is InChI=1S/C25H27ClN2O5S/c1-32-21-14-15-24(33-2)23(17-21)28(34(30,31)22-8-4-3-5-9-22)18-25(29)27-16-6-7-19-10-12-20(26)13-11-19/h3-5,8-15,17H,6-7,16,18H2,1-2H3,(H,27,29). The third-order valence-corrected chi connectivity index (χ3v) is 7.18. The molecule has 1 N–H and O–H groups in total. The number of benzene rings is 3. The molecule has 0 aliphatic rings. The Hall–Kier alpha value is -3.23. The summed E-state index contributed by atoms with van der Waals surface area (Å²) in [5.74, 6) is 0.309. The molecule has 0 saturated heterocycles. The minimum Gasteiger partial charge on any atom is -0.497 e. The van der Waals surface area contributed by atoms with E-state index < -0.39 is 22.5 Å². The number of carbonyl (C=O) groups excluding carboxylic acids is 1. The Morgan fingerprint density at radius 1 is 0.971 bits per heavy atom. The highest BCUT2D eigenvalue weighted by Gasteiger charge is 2.29. The van der Waals surface area contributed by atoms with E-state index in [2.05, 4.69) is 5.32 Å². The Bertz CT molecular complexity index is 1200. The topological polar surface area (TPSA) is 84.9 Å². The van der Waals surface area contributed by atoms with Crippen LogP contribution in [0.3, 0.4) is 0 Å². The molecule has 0 bridgehead atoms. The predicted molar refractivity (Wildman–Crippen MR) is 133 cm³/mol. The van der Waals surface area contributed by atoms with Gasteiger partial charge in [-0.1, -0.05) is 41.9 Å². The summed E-state index contributed by atoms with van der Waals surface area (Å²) in [6, 6.07) is 20.3. The van der Waals surface area contributed by atoms with Crippen molar-refractivity contribution in [2.24, 2.45) is 0 Å². The van der Waals surface area contributed by atoms with Gasteiger partial charge in [-0.25, -0.2) is 8.42 Å². The Kier molecular flexibility index (Phi) is 8.79. The summed E-state index contributed by atoms with van der Waals surface area (Å²) in [6.45, 7) is -0.0162. The van der Waals surface area contributed by atoms with Gasteiger partial charge < -0.3 is 14.8 Å². The lowest BCUT2D eigenvalue weighted by atomic mass is 10.1. The van der Waals surface area contributed by atoms with Crippen LogP contribution in [0.4, 0.5) is 5.69 Å². The van der Waals surface area contributed by atoms with E-state index in [-0.39, 0.29) is 10.6 Å². The lowest BCUT2D eigenvalue weighted by molar-refractivity contribution is -0.119. The number of nitrogens with one attached hydrogen (secondary N) is 1. The van der Waals surface area contributed by atoms with Crippen molar-refractivity contribution in [3.8, 4) is 11.5 Å². The van der Waals surface area contributed by atoms with E-state index in [1.165, 1.54) is 32.4 Å². The Morgan fingerprint density at radius 3 is 2.32 bits per heavy atom. The molecule has 0 fully saturated rings. The van der Waals surface area contributed by atoms with E-state index in [0.29, 0.717) is 29.5 Å². The molecule has 1 amide bonds. The van der Waals surface area contributed by atoms with Crippen LogP contribution in [0, 0.1) is 0 Å². The summed E-state index contributed by atoms with van der Waals surface area (Å²) in [7, 11) is -1.14. The molecule has 3 rings (SSSR count). The van der Waals surface area contributed by atoms with E-state index >= 15 is 0 Å². The van der Waals surface area contributed by atoms with Gasteiger partial charge in [-0.05, 0) is 54.8 Å². The summed E-state index contributed by atoms with van der Waals surface area (Å²) >= 11 is 5.91. The summed E-state index contributed by atoms with van der Waals surface area (Å²) in [5, 5.41) is 3.48. The third-order valence-electron chi connectivity index (χ3n) is 5.15. The van der Waals surface area contributed by atoms with E-state index in [1.54, 1.807) is 30.3 Å². The second-order valence-electron chi connectivity index (χ2n) is 7.44. The van der Waals surface area contributed by atoms with Gasteiger partial charge in [-0.2, -0.15) is 0 Å². The molecule has 0 heterocycles.